The van der Waals surface area contributed by atoms with E-state index >= 15 is 0 Å². The lowest BCUT2D eigenvalue weighted by Gasteiger charge is -2.25. The summed E-state index contributed by atoms with van der Waals surface area (Å²) in [6.45, 7) is 1.46. The molecule has 24 heavy (non-hydrogen) atoms. The highest BCUT2D eigenvalue weighted by Gasteiger charge is 2.26. The van der Waals surface area contributed by atoms with Gasteiger partial charge in [-0.2, -0.15) is 4.98 Å². The molecule has 7 nitrogen and oxygen atoms in total. The normalized spacial score (nSPS) is 14.0. The number of hydrogen-bond donors (Lipinski definition) is 3. The third-order valence-electron chi connectivity index (χ3n) is 3.87. The molecule has 1 aromatic heterocycles. The van der Waals surface area contributed by atoms with Crippen molar-refractivity contribution in [2.45, 2.75) is 0 Å². The van der Waals surface area contributed by atoms with Gasteiger partial charge in [0.05, 0.1) is 19.0 Å². The Morgan fingerprint density at radius 1 is 1.42 bits per heavy atom. The molecule has 3 N–H and O–H groups in total. The van der Waals surface area contributed by atoms with Gasteiger partial charge in [-0.3, -0.25) is 4.79 Å². The van der Waals surface area contributed by atoms with Gasteiger partial charge in [0.25, 0.3) is 0 Å². The van der Waals surface area contributed by atoms with Crippen LogP contribution in [0.2, 0.25) is 5.02 Å². The summed E-state index contributed by atoms with van der Waals surface area (Å²) in [6, 6.07) is 5.30. The van der Waals surface area contributed by atoms with Crippen molar-refractivity contribution < 1.29 is 9.53 Å². The Balaban J connectivity index is 1.84. The summed E-state index contributed by atoms with van der Waals surface area (Å²) in [5, 5.41) is 9.51. The molecule has 0 unspecified atom stereocenters. The first-order valence-corrected chi connectivity index (χ1v) is 7.90. The summed E-state index contributed by atoms with van der Waals surface area (Å²) < 4.78 is 5.39. The quantitative estimate of drug-likeness (QED) is 0.691. The van der Waals surface area contributed by atoms with E-state index in [4.69, 9.17) is 16.3 Å². The molecule has 2 heterocycles. The molecule has 2 aromatic rings. The van der Waals surface area contributed by atoms with E-state index < -0.39 is 0 Å². The number of aromatic nitrogens is 2. The Kier molecular flexibility index (Phi) is 4.82. The highest BCUT2D eigenvalue weighted by Crippen LogP contribution is 2.30. The van der Waals surface area contributed by atoms with Crippen LogP contribution < -0.4 is 20.7 Å². The predicted molar refractivity (Wildman–Crippen MR) is 93.6 cm³/mol. The van der Waals surface area contributed by atoms with E-state index in [0.29, 0.717) is 33.8 Å². The Morgan fingerprint density at radius 3 is 2.83 bits per heavy atom. The molecule has 0 spiro atoms. The van der Waals surface area contributed by atoms with Gasteiger partial charge in [0.15, 0.2) is 5.78 Å². The minimum absolute atomic E-state index is 0.0475. The number of carbonyl (C=O) groups is 1. The molecule has 3 rings (SSSR count). The number of carbonyl (C=O) groups excluding carboxylic acids is 1. The van der Waals surface area contributed by atoms with E-state index in [1.165, 1.54) is 6.20 Å². The van der Waals surface area contributed by atoms with Crippen molar-refractivity contribution in [2.24, 2.45) is 5.92 Å². The van der Waals surface area contributed by atoms with Crippen molar-refractivity contribution >= 4 is 34.8 Å². The van der Waals surface area contributed by atoms with Crippen LogP contribution in [0.5, 0.6) is 5.75 Å². The summed E-state index contributed by atoms with van der Waals surface area (Å²) in [5.41, 5.74) is 1.31. The lowest BCUT2D eigenvalue weighted by atomic mass is 9.92. The van der Waals surface area contributed by atoms with Crippen LogP contribution in [0.4, 0.5) is 17.5 Å². The first-order valence-electron chi connectivity index (χ1n) is 7.52. The Labute approximate surface area is 144 Å². The SMILES string of the molecule is CNc1nc(Nc2ccc(C(=O)C3CNC3)cc2OC)ncc1Cl. The van der Waals surface area contributed by atoms with Gasteiger partial charge in [0.1, 0.15) is 16.6 Å². The van der Waals surface area contributed by atoms with Crippen LogP contribution in [-0.4, -0.2) is 43.0 Å². The van der Waals surface area contributed by atoms with E-state index in [2.05, 4.69) is 25.9 Å². The third kappa shape index (κ3) is 3.27. The van der Waals surface area contributed by atoms with Crippen molar-refractivity contribution in [1.29, 1.82) is 0 Å². The largest absolute Gasteiger partial charge is 0.495 e. The Bertz CT molecular complexity index is 764. The molecule has 0 aliphatic carbocycles. The molecule has 0 bridgehead atoms. The van der Waals surface area contributed by atoms with E-state index in [1.807, 2.05) is 0 Å². The van der Waals surface area contributed by atoms with Crippen LogP contribution in [0, 0.1) is 5.92 Å². The zero-order valence-electron chi connectivity index (χ0n) is 13.4. The van der Waals surface area contributed by atoms with Crippen molar-refractivity contribution in [3.8, 4) is 5.75 Å². The van der Waals surface area contributed by atoms with Gasteiger partial charge in [-0.25, -0.2) is 4.98 Å². The Hall–Kier alpha value is -2.38. The highest BCUT2D eigenvalue weighted by atomic mass is 35.5. The minimum atomic E-state index is 0.0475. The highest BCUT2D eigenvalue weighted by molar-refractivity contribution is 6.32. The summed E-state index contributed by atoms with van der Waals surface area (Å²) in [6.07, 6.45) is 1.51. The number of nitrogens with zero attached hydrogens (tertiary/aromatic N) is 2. The number of hydrogen-bond acceptors (Lipinski definition) is 7. The number of halogens is 1. The fourth-order valence-electron chi connectivity index (χ4n) is 2.38. The molecule has 0 saturated carbocycles. The van der Waals surface area contributed by atoms with Gasteiger partial charge in [-0.05, 0) is 18.2 Å². The molecule has 1 fully saturated rings. The van der Waals surface area contributed by atoms with Gasteiger partial charge in [-0.1, -0.05) is 11.6 Å². The maximum atomic E-state index is 12.3. The minimum Gasteiger partial charge on any atom is -0.495 e. The summed E-state index contributed by atoms with van der Waals surface area (Å²) in [7, 11) is 3.29. The average molecular weight is 348 g/mol. The van der Waals surface area contributed by atoms with Crippen molar-refractivity contribution in [3.05, 3.63) is 35.0 Å². The second-order valence-corrected chi connectivity index (χ2v) is 5.81. The number of rotatable bonds is 6. The van der Waals surface area contributed by atoms with Gasteiger partial charge < -0.3 is 20.7 Å². The average Bonchev–Trinajstić information content (AvgIpc) is 2.55. The van der Waals surface area contributed by atoms with Crippen LogP contribution in [0.3, 0.4) is 0 Å². The van der Waals surface area contributed by atoms with Crippen molar-refractivity contribution in [1.82, 2.24) is 15.3 Å². The number of nitrogens with one attached hydrogen (secondary N) is 3. The summed E-state index contributed by atoms with van der Waals surface area (Å²) >= 11 is 5.98. The molecule has 0 atom stereocenters. The van der Waals surface area contributed by atoms with Crippen LogP contribution in [-0.2, 0) is 0 Å². The van der Waals surface area contributed by atoms with Gasteiger partial charge in [-0.15, -0.1) is 0 Å². The lowest BCUT2D eigenvalue weighted by Crippen LogP contribution is -2.46. The number of ketones is 1. The standard InChI is InChI=1S/C16H18ClN5O2/c1-18-15-11(17)8-20-16(22-15)21-12-4-3-9(5-13(12)24-2)14(23)10-6-19-7-10/h3-5,8,10,19H,6-7H2,1-2H3,(H2,18,20,21,22). The zero-order valence-corrected chi connectivity index (χ0v) is 14.1. The summed E-state index contributed by atoms with van der Waals surface area (Å²) in [5.74, 6) is 1.63. The molecular formula is C16H18ClN5O2. The maximum Gasteiger partial charge on any atom is 0.229 e. The van der Waals surface area contributed by atoms with Gasteiger partial charge in [0.2, 0.25) is 5.95 Å². The number of benzene rings is 1. The first-order chi connectivity index (χ1) is 11.6. The van der Waals surface area contributed by atoms with E-state index in [1.54, 1.807) is 32.4 Å². The van der Waals surface area contributed by atoms with Crippen molar-refractivity contribution in [3.63, 3.8) is 0 Å². The number of ether oxygens (including phenoxy) is 1. The van der Waals surface area contributed by atoms with Crippen molar-refractivity contribution in [2.75, 3.05) is 37.9 Å². The van der Waals surface area contributed by atoms with Crippen LogP contribution in [0.25, 0.3) is 0 Å². The molecule has 1 aliphatic heterocycles. The Morgan fingerprint density at radius 2 is 2.21 bits per heavy atom. The second-order valence-electron chi connectivity index (χ2n) is 5.40. The molecule has 8 heteroatoms. The zero-order chi connectivity index (χ0) is 17.1. The smallest absolute Gasteiger partial charge is 0.229 e. The monoisotopic (exact) mass is 347 g/mol. The second kappa shape index (κ2) is 7.02. The first kappa shape index (κ1) is 16.5. The fourth-order valence-corrected chi connectivity index (χ4v) is 2.57. The van der Waals surface area contributed by atoms with Crippen LogP contribution >= 0.6 is 11.6 Å². The molecule has 0 amide bonds. The van der Waals surface area contributed by atoms with E-state index in [0.717, 1.165) is 13.1 Å². The lowest BCUT2D eigenvalue weighted by molar-refractivity contribution is 0.0878. The third-order valence-corrected chi connectivity index (χ3v) is 4.14. The molecule has 1 aromatic carbocycles. The fraction of sp³-hybridized carbons (Fsp3) is 0.312. The number of Topliss-reactive ketones (excluding diaryl/α,β-unsaturated/α-hetero) is 1. The van der Waals surface area contributed by atoms with Crippen LogP contribution in [0.15, 0.2) is 24.4 Å². The van der Waals surface area contributed by atoms with E-state index in [-0.39, 0.29) is 11.7 Å². The molecule has 1 saturated heterocycles. The molecule has 1 aliphatic rings. The molecule has 0 radical (unpaired) electrons. The molecular weight excluding hydrogens is 330 g/mol. The topological polar surface area (TPSA) is 88.2 Å². The van der Waals surface area contributed by atoms with Crippen LogP contribution in [0.1, 0.15) is 10.4 Å². The number of methoxy groups -OCH3 is 1. The molecule has 126 valence electrons. The van der Waals surface area contributed by atoms with Gasteiger partial charge >= 0.3 is 0 Å². The predicted octanol–water partition coefficient (Wildman–Crippen LogP) is 2.33. The maximum absolute atomic E-state index is 12.3. The number of anilines is 3. The van der Waals surface area contributed by atoms with E-state index in [9.17, 15) is 4.79 Å². The van der Waals surface area contributed by atoms with Gasteiger partial charge in [0, 0.05) is 31.6 Å². The summed E-state index contributed by atoms with van der Waals surface area (Å²) in [4.78, 5) is 20.7.